The summed E-state index contributed by atoms with van der Waals surface area (Å²) in [5, 5.41) is 0. The van der Waals surface area contributed by atoms with E-state index in [0.717, 1.165) is 12.8 Å². The van der Waals surface area contributed by atoms with Gasteiger partial charge < -0.3 is 0 Å². The van der Waals surface area contributed by atoms with Gasteiger partial charge in [-0.15, -0.1) is 6.58 Å². The van der Waals surface area contributed by atoms with E-state index in [9.17, 15) is 0 Å². The summed E-state index contributed by atoms with van der Waals surface area (Å²) in [4.78, 5) is 0. The summed E-state index contributed by atoms with van der Waals surface area (Å²) in [5.74, 6) is 0. The fourth-order valence-corrected chi connectivity index (χ4v) is 1.37. The third kappa shape index (κ3) is 2.90. The fraction of sp³-hybridized carbons (Fsp3) is 0.231. The van der Waals surface area contributed by atoms with E-state index in [-0.39, 0.29) is 0 Å². The van der Waals surface area contributed by atoms with Crippen molar-refractivity contribution in [1.29, 1.82) is 0 Å². The lowest BCUT2D eigenvalue weighted by Crippen LogP contribution is -1.81. The van der Waals surface area contributed by atoms with Crippen molar-refractivity contribution in [2.45, 2.75) is 19.8 Å². The van der Waals surface area contributed by atoms with Crippen LogP contribution in [-0.4, -0.2) is 0 Å². The molecule has 0 heteroatoms. The van der Waals surface area contributed by atoms with Gasteiger partial charge in [0.15, 0.2) is 0 Å². The van der Waals surface area contributed by atoms with Crippen LogP contribution in [0.25, 0.3) is 5.57 Å². The Labute approximate surface area is 80.6 Å². The van der Waals surface area contributed by atoms with E-state index in [0.29, 0.717) is 0 Å². The quantitative estimate of drug-likeness (QED) is 0.601. The summed E-state index contributed by atoms with van der Waals surface area (Å²) in [7, 11) is 0. The largest absolute Gasteiger partial charge is 0.103 e. The van der Waals surface area contributed by atoms with Gasteiger partial charge in [0, 0.05) is 0 Å². The van der Waals surface area contributed by atoms with Crippen LogP contribution in [0.4, 0.5) is 0 Å². The molecule has 0 atom stereocenters. The van der Waals surface area contributed by atoms with Crippen LogP contribution in [0.1, 0.15) is 25.3 Å². The lowest BCUT2D eigenvalue weighted by molar-refractivity contribution is 1.21. The Kier molecular flexibility index (Phi) is 4.04. The molecule has 0 saturated carbocycles. The first-order chi connectivity index (χ1) is 6.38. The standard InChI is InChI=1S/C13H16/c1-3-8-12(9-4-2)13-10-6-5-7-11-13/h3,5-7,9-11H,1,4,8H2,2H3/b12-9+. The summed E-state index contributed by atoms with van der Waals surface area (Å²) in [6.07, 6.45) is 6.25. The van der Waals surface area contributed by atoms with E-state index < -0.39 is 0 Å². The molecule has 0 aliphatic rings. The minimum atomic E-state index is 0.956. The van der Waals surface area contributed by atoms with Gasteiger partial charge in [-0.25, -0.2) is 0 Å². The van der Waals surface area contributed by atoms with Crippen LogP contribution in [0.3, 0.4) is 0 Å². The Morgan fingerprint density at radius 3 is 2.54 bits per heavy atom. The molecule has 1 aromatic rings. The molecule has 13 heavy (non-hydrogen) atoms. The predicted molar refractivity (Wildman–Crippen MR) is 59.5 cm³/mol. The molecule has 0 radical (unpaired) electrons. The van der Waals surface area contributed by atoms with Crippen LogP contribution in [0.2, 0.25) is 0 Å². The van der Waals surface area contributed by atoms with E-state index in [2.05, 4.69) is 43.8 Å². The third-order valence-electron chi connectivity index (χ3n) is 1.96. The minimum absolute atomic E-state index is 0.956. The van der Waals surface area contributed by atoms with Crippen LogP contribution in [0.15, 0.2) is 49.1 Å². The van der Waals surface area contributed by atoms with Gasteiger partial charge in [0.2, 0.25) is 0 Å². The van der Waals surface area contributed by atoms with E-state index in [4.69, 9.17) is 0 Å². The van der Waals surface area contributed by atoms with Gasteiger partial charge in [0.25, 0.3) is 0 Å². The zero-order chi connectivity index (χ0) is 9.52. The second kappa shape index (κ2) is 5.36. The van der Waals surface area contributed by atoms with Crippen molar-refractivity contribution < 1.29 is 0 Å². The fourth-order valence-electron chi connectivity index (χ4n) is 1.37. The number of hydrogen-bond donors (Lipinski definition) is 0. The number of hydrogen-bond acceptors (Lipinski definition) is 0. The molecule has 1 aromatic carbocycles. The molecule has 0 saturated heterocycles. The lowest BCUT2D eigenvalue weighted by atomic mass is 10.0. The number of allylic oxidation sites excluding steroid dienone is 3. The third-order valence-corrected chi connectivity index (χ3v) is 1.96. The average molecular weight is 172 g/mol. The van der Waals surface area contributed by atoms with Crippen LogP contribution < -0.4 is 0 Å². The lowest BCUT2D eigenvalue weighted by Gasteiger charge is -2.03. The maximum absolute atomic E-state index is 3.77. The van der Waals surface area contributed by atoms with E-state index in [1.165, 1.54) is 11.1 Å². The minimum Gasteiger partial charge on any atom is -0.103 e. The SMILES string of the molecule is C=CC/C(=C\CC)c1ccccc1. The van der Waals surface area contributed by atoms with Gasteiger partial charge in [0.05, 0.1) is 0 Å². The number of rotatable bonds is 4. The van der Waals surface area contributed by atoms with Gasteiger partial charge in [-0.1, -0.05) is 49.4 Å². The molecule has 0 aromatic heterocycles. The molecule has 0 aliphatic carbocycles. The van der Waals surface area contributed by atoms with Crippen molar-refractivity contribution in [2.24, 2.45) is 0 Å². The highest BCUT2D eigenvalue weighted by Crippen LogP contribution is 2.18. The smallest absolute Gasteiger partial charge is 0.00974 e. The highest BCUT2D eigenvalue weighted by molar-refractivity contribution is 5.66. The van der Waals surface area contributed by atoms with Crippen LogP contribution >= 0.6 is 0 Å². The Bertz CT molecular complexity index is 280. The zero-order valence-corrected chi connectivity index (χ0v) is 8.16. The first-order valence-electron chi connectivity index (χ1n) is 4.73. The first kappa shape index (κ1) is 9.79. The maximum Gasteiger partial charge on any atom is -0.00974 e. The Morgan fingerprint density at radius 1 is 1.31 bits per heavy atom. The normalized spacial score (nSPS) is 11.3. The molecule has 0 amide bonds. The highest BCUT2D eigenvalue weighted by atomic mass is 14.0. The molecule has 0 aliphatic heterocycles. The van der Waals surface area contributed by atoms with E-state index in [1.807, 2.05) is 12.1 Å². The van der Waals surface area contributed by atoms with E-state index >= 15 is 0 Å². The van der Waals surface area contributed by atoms with E-state index in [1.54, 1.807) is 0 Å². The van der Waals surface area contributed by atoms with Gasteiger partial charge in [0.1, 0.15) is 0 Å². The Hall–Kier alpha value is -1.30. The van der Waals surface area contributed by atoms with Crippen LogP contribution in [0.5, 0.6) is 0 Å². The monoisotopic (exact) mass is 172 g/mol. The molecule has 0 heterocycles. The first-order valence-corrected chi connectivity index (χ1v) is 4.73. The van der Waals surface area contributed by atoms with Gasteiger partial charge in [-0.05, 0) is 24.0 Å². The zero-order valence-electron chi connectivity index (χ0n) is 8.16. The molecule has 0 fully saturated rings. The molecule has 0 spiro atoms. The molecule has 0 N–H and O–H groups in total. The topological polar surface area (TPSA) is 0 Å². The maximum atomic E-state index is 3.77. The van der Waals surface area contributed by atoms with Gasteiger partial charge in [-0.3, -0.25) is 0 Å². The summed E-state index contributed by atoms with van der Waals surface area (Å²) in [5.41, 5.74) is 2.68. The van der Waals surface area contributed by atoms with Crippen molar-refractivity contribution in [2.75, 3.05) is 0 Å². The van der Waals surface area contributed by atoms with Crippen molar-refractivity contribution in [3.05, 3.63) is 54.6 Å². The summed E-state index contributed by atoms with van der Waals surface area (Å²) < 4.78 is 0. The van der Waals surface area contributed by atoms with Crippen molar-refractivity contribution in [1.82, 2.24) is 0 Å². The predicted octanol–water partition coefficient (Wildman–Crippen LogP) is 4.06. The second-order valence-electron chi connectivity index (χ2n) is 3.00. The molecule has 1 rings (SSSR count). The van der Waals surface area contributed by atoms with Crippen LogP contribution in [0, 0.1) is 0 Å². The molecule has 0 bridgehead atoms. The summed E-state index contributed by atoms with van der Waals surface area (Å²) >= 11 is 0. The van der Waals surface area contributed by atoms with Crippen molar-refractivity contribution >= 4 is 5.57 Å². The highest BCUT2D eigenvalue weighted by Gasteiger charge is 1.96. The summed E-state index contributed by atoms with van der Waals surface area (Å²) in [6, 6.07) is 10.5. The molecule has 68 valence electrons. The Balaban J connectivity index is 2.89. The summed E-state index contributed by atoms with van der Waals surface area (Å²) in [6.45, 7) is 5.93. The van der Waals surface area contributed by atoms with Gasteiger partial charge in [-0.2, -0.15) is 0 Å². The van der Waals surface area contributed by atoms with Crippen LogP contribution in [-0.2, 0) is 0 Å². The van der Waals surface area contributed by atoms with Crippen molar-refractivity contribution in [3.8, 4) is 0 Å². The molecular weight excluding hydrogens is 156 g/mol. The second-order valence-corrected chi connectivity index (χ2v) is 3.00. The molecular formula is C13H16. The molecule has 0 unspecified atom stereocenters. The molecule has 0 nitrogen and oxygen atoms in total. The number of benzene rings is 1. The van der Waals surface area contributed by atoms with Gasteiger partial charge >= 0.3 is 0 Å². The Morgan fingerprint density at radius 2 is 2.00 bits per heavy atom. The van der Waals surface area contributed by atoms with Crippen molar-refractivity contribution in [3.63, 3.8) is 0 Å². The average Bonchev–Trinajstić information content (AvgIpc) is 2.19.